The predicted octanol–water partition coefficient (Wildman–Crippen LogP) is 2.13. The van der Waals surface area contributed by atoms with Crippen molar-refractivity contribution < 1.29 is 13.5 Å². The molecule has 0 saturated carbocycles. The van der Waals surface area contributed by atoms with Crippen molar-refractivity contribution in [1.29, 1.82) is 0 Å². The normalized spacial score (nSPS) is 12.2. The second-order valence-corrected chi connectivity index (χ2v) is 6.75. The van der Waals surface area contributed by atoms with Gasteiger partial charge in [0.25, 0.3) is 0 Å². The molecule has 0 heterocycles. The second kappa shape index (κ2) is 8.36. The molecule has 0 amide bonds. The molecule has 0 atom stereocenters. The molecular formula is C15H26N2O3S. The van der Waals surface area contributed by atoms with Crippen molar-refractivity contribution in [3.8, 4) is 5.75 Å². The summed E-state index contributed by atoms with van der Waals surface area (Å²) in [7, 11) is -3.63. The largest absolute Gasteiger partial charge is 0.507 e. The van der Waals surface area contributed by atoms with Gasteiger partial charge in [0.1, 0.15) is 10.6 Å². The molecule has 1 aromatic carbocycles. The maximum absolute atomic E-state index is 12.6. The van der Waals surface area contributed by atoms with E-state index >= 15 is 0 Å². The smallest absolute Gasteiger partial charge is 0.246 e. The van der Waals surface area contributed by atoms with Gasteiger partial charge in [-0.25, -0.2) is 8.42 Å². The SMILES string of the molecule is CCN(CC)CCCN(CC)S(=O)(=O)c1ccccc1O. The van der Waals surface area contributed by atoms with Gasteiger partial charge in [0.2, 0.25) is 10.0 Å². The quantitative estimate of drug-likeness (QED) is 0.758. The third-order valence-corrected chi connectivity index (χ3v) is 5.63. The van der Waals surface area contributed by atoms with Gasteiger partial charge in [0.05, 0.1) is 0 Å². The minimum absolute atomic E-state index is 0.0188. The molecular weight excluding hydrogens is 288 g/mol. The maximum Gasteiger partial charge on any atom is 0.246 e. The highest BCUT2D eigenvalue weighted by molar-refractivity contribution is 7.89. The molecule has 120 valence electrons. The Bertz CT molecular complexity index is 527. The first-order valence-corrected chi connectivity index (χ1v) is 8.91. The maximum atomic E-state index is 12.6. The molecule has 1 aromatic rings. The lowest BCUT2D eigenvalue weighted by Crippen LogP contribution is -2.34. The van der Waals surface area contributed by atoms with Gasteiger partial charge in [-0.3, -0.25) is 0 Å². The number of sulfonamides is 1. The predicted molar refractivity (Wildman–Crippen MR) is 84.9 cm³/mol. The van der Waals surface area contributed by atoms with Crippen LogP contribution in [-0.4, -0.2) is 55.5 Å². The van der Waals surface area contributed by atoms with E-state index in [-0.39, 0.29) is 10.6 Å². The van der Waals surface area contributed by atoms with Crippen molar-refractivity contribution in [3.63, 3.8) is 0 Å². The van der Waals surface area contributed by atoms with Gasteiger partial charge in [0.15, 0.2) is 0 Å². The van der Waals surface area contributed by atoms with E-state index in [0.717, 1.165) is 26.1 Å². The van der Waals surface area contributed by atoms with Crippen molar-refractivity contribution in [2.75, 3.05) is 32.7 Å². The standard InChI is InChI=1S/C15H26N2O3S/c1-4-16(5-2)12-9-13-17(6-3)21(19,20)15-11-8-7-10-14(15)18/h7-8,10-11,18H,4-6,9,12-13H2,1-3H3. The summed E-state index contributed by atoms with van der Waals surface area (Å²) in [5.74, 6) is -0.195. The molecule has 6 heteroatoms. The molecule has 0 aromatic heterocycles. The van der Waals surface area contributed by atoms with Crippen LogP contribution in [0.4, 0.5) is 0 Å². The van der Waals surface area contributed by atoms with Crippen molar-refractivity contribution in [1.82, 2.24) is 9.21 Å². The van der Waals surface area contributed by atoms with E-state index in [1.807, 2.05) is 6.92 Å². The molecule has 0 saturated heterocycles. The van der Waals surface area contributed by atoms with Crippen LogP contribution in [0.3, 0.4) is 0 Å². The molecule has 0 fully saturated rings. The zero-order valence-corrected chi connectivity index (χ0v) is 13.9. The van der Waals surface area contributed by atoms with Crippen molar-refractivity contribution >= 4 is 10.0 Å². The van der Waals surface area contributed by atoms with Crippen molar-refractivity contribution in [2.24, 2.45) is 0 Å². The van der Waals surface area contributed by atoms with Crippen LogP contribution in [0.1, 0.15) is 27.2 Å². The van der Waals surface area contributed by atoms with Gasteiger partial charge >= 0.3 is 0 Å². The van der Waals surface area contributed by atoms with Gasteiger partial charge in [-0.2, -0.15) is 4.31 Å². The average Bonchev–Trinajstić information content (AvgIpc) is 2.47. The summed E-state index contributed by atoms with van der Waals surface area (Å²) in [5, 5.41) is 9.77. The summed E-state index contributed by atoms with van der Waals surface area (Å²) >= 11 is 0. The summed E-state index contributed by atoms with van der Waals surface area (Å²) < 4.78 is 26.5. The summed E-state index contributed by atoms with van der Waals surface area (Å²) in [6.07, 6.45) is 0.780. The number of benzene rings is 1. The minimum atomic E-state index is -3.63. The highest BCUT2D eigenvalue weighted by Crippen LogP contribution is 2.25. The van der Waals surface area contributed by atoms with Gasteiger partial charge in [-0.05, 0) is 38.2 Å². The number of phenolic OH excluding ortho intramolecular Hbond substituents is 1. The van der Waals surface area contributed by atoms with Crippen molar-refractivity contribution in [2.45, 2.75) is 32.1 Å². The van der Waals surface area contributed by atoms with E-state index in [0.29, 0.717) is 13.1 Å². The molecule has 5 nitrogen and oxygen atoms in total. The van der Waals surface area contributed by atoms with Gasteiger partial charge in [-0.15, -0.1) is 0 Å². The Labute approximate surface area is 128 Å². The first kappa shape index (κ1) is 17.9. The third kappa shape index (κ3) is 4.69. The Morgan fingerprint density at radius 3 is 2.14 bits per heavy atom. The van der Waals surface area contributed by atoms with E-state index < -0.39 is 10.0 Å². The Balaban J connectivity index is 2.77. The van der Waals surface area contributed by atoms with Crippen LogP contribution in [-0.2, 0) is 10.0 Å². The van der Waals surface area contributed by atoms with Crippen molar-refractivity contribution in [3.05, 3.63) is 24.3 Å². The van der Waals surface area contributed by atoms with E-state index in [2.05, 4.69) is 18.7 Å². The molecule has 21 heavy (non-hydrogen) atoms. The molecule has 0 spiro atoms. The second-order valence-electron chi connectivity index (χ2n) is 4.84. The Hall–Kier alpha value is -1.11. The van der Waals surface area contributed by atoms with Crippen LogP contribution in [0.25, 0.3) is 0 Å². The Morgan fingerprint density at radius 2 is 1.62 bits per heavy atom. The van der Waals surface area contributed by atoms with Crippen LogP contribution in [0.15, 0.2) is 29.2 Å². The third-order valence-electron chi connectivity index (χ3n) is 3.61. The molecule has 0 aliphatic carbocycles. The van der Waals surface area contributed by atoms with Crippen LogP contribution in [0.5, 0.6) is 5.75 Å². The lowest BCUT2D eigenvalue weighted by molar-refractivity contribution is 0.285. The first-order chi connectivity index (χ1) is 9.97. The molecule has 0 radical (unpaired) electrons. The fourth-order valence-corrected chi connectivity index (χ4v) is 3.84. The zero-order chi connectivity index (χ0) is 15.9. The summed E-state index contributed by atoms with van der Waals surface area (Å²) in [4.78, 5) is 2.25. The molecule has 0 unspecified atom stereocenters. The van der Waals surface area contributed by atoms with Crippen LogP contribution < -0.4 is 0 Å². The van der Waals surface area contributed by atoms with Gasteiger partial charge in [-0.1, -0.05) is 32.9 Å². The minimum Gasteiger partial charge on any atom is -0.507 e. The fourth-order valence-electron chi connectivity index (χ4n) is 2.27. The Kier molecular flexibility index (Phi) is 7.14. The number of aromatic hydroxyl groups is 1. The number of hydrogen-bond acceptors (Lipinski definition) is 4. The number of hydrogen-bond donors (Lipinski definition) is 1. The number of nitrogens with zero attached hydrogens (tertiary/aromatic N) is 2. The van der Waals surface area contributed by atoms with E-state index in [1.165, 1.54) is 16.4 Å². The highest BCUT2D eigenvalue weighted by Gasteiger charge is 2.25. The lowest BCUT2D eigenvalue weighted by atomic mass is 10.3. The van der Waals surface area contributed by atoms with Crippen LogP contribution in [0.2, 0.25) is 0 Å². The van der Waals surface area contributed by atoms with Crippen LogP contribution in [0, 0.1) is 0 Å². The molecule has 1 rings (SSSR count). The van der Waals surface area contributed by atoms with Crippen LogP contribution >= 0.6 is 0 Å². The fraction of sp³-hybridized carbons (Fsp3) is 0.600. The Morgan fingerprint density at radius 1 is 1.00 bits per heavy atom. The van der Waals surface area contributed by atoms with E-state index in [4.69, 9.17) is 0 Å². The van der Waals surface area contributed by atoms with Gasteiger partial charge in [0, 0.05) is 13.1 Å². The number of para-hydroxylation sites is 1. The highest BCUT2D eigenvalue weighted by atomic mass is 32.2. The number of rotatable bonds is 9. The first-order valence-electron chi connectivity index (χ1n) is 7.47. The lowest BCUT2D eigenvalue weighted by Gasteiger charge is -2.23. The number of phenols is 1. The molecule has 1 N–H and O–H groups in total. The topological polar surface area (TPSA) is 60.9 Å². The molecule has 0 bridgehead atoms. The molecule has 0 aliphatic rings. The zero-order valence-electron chi connectivity index (χ0n) is 13.1. The van der Waals surface area contributed by atoms with Gasteiger partial charge < -0.3 is 10.0 Å². The van der Waals surface area contributed by atoms with E-state index in [9.17, 15) is 13.5 Å². The summed E-state index contributed by atoms with van der Waals surface area (Å²) in [6.45, 7) is 9.68. The molecule has 0 aliphatic heterocycles. The summed E-state index contributed by atoms with van der Waals surface area (Å²) in [6, 6.07) is 6.08. The monoisotopic (exact) mass is 314 g/mol. The van der Waals surface area contributed by atoms with E-state index in [1.54, 1.807) is 12.1 Å². The summed E-state index contributed by atoms with van der Waals surface area (Å²) in [5.41, 5.74) is 0. The average molecular weight is 314 g/mol.